The van der Waals surface area contributed by atoms with E-state index in [-0.39, 0.29) is 29.1 Å². The first-order chi connectivity index (χ1) is 13.6. The summed E-state index contributed by atoms with van der Waals surface area (Å²) in [7, 11) is 0. The molecule has 28 heavy (non-hydrogen) atoms. The fourth-order valence-corrected chi connectivity index (χ4v) is 4.30. The molecule has 2 heterocycles. The number of phenols is 3. The molecule has 0 bridgehead atoms. The van der Waals surface area contributed by atoms with Gasteiger partial charge in [0.25, 0.3) is 0 Å². The molecule has 3 aromatic rings. The number of aromatic hydroxyl groups is 3. The monoisotopic (exact) mass is 373 g/mol. The third-order valence-electron chi connectivity index (χ3n) is 5.63. The lowest BCUT2D eigenvalue weighted by Gasteiger charge is -2.30. The van der Waals surface area contributed by atoms with Crippen molar-refractivity contribution in [3.63, 3.8) is 0 Å². The van der Waals surface area contributed by atoms with Crippen LogP contribution < -0.4 is 4.74 Å². The second-order valence-corrected chi connectivity index (χ2v) is 7.36. The molecule has 2 aromatic carbocycles. The Labute approximate surface area is 162 Å². The number of phenolic OH excluding ortho intramolecular Hbond substituents is 3. The maximum Gasteiger partial charge on any atom is 0.157 e. The number of hydrogen-bond donors (Lipinski definition) is 3. The number of hydrogen-bond acceptors (Lipinski definition) is 5. The van der Waals surface area contributed by atoms with Gasteiger partial charge in [-0.1, -0.05) is 12.2 Å². The van der Waals surface area contributed by atoms with Crippen molar-refractivity contribution in [3.05, 3.63) is 76.6 Å². The summed E-state index contributed by atoms with van der Waals surface area (Å²) in [6.07, 6.45) is 8.04. The highest BCUT2D eigenvalue weighted by atomic mass is 16.5. The summed E-state index contributed by atoms with van der Waals surface area (Å²) in [6.45, 7) is 0.541. The van der Waals surface area contributed by atoms with Gasteiger partial charge in [0.2, 0.25) is 0 Å². The van der Waals surface area contributed by atoms with Gasteiger partial charge in [-0.3, -0.25) is 4.98 Å². The molecule has 5 rings (SSSR count). The first kappa shape index (κ1) is 16.7. The van der Waals surface area contributed by atoms with E-state index in [2.05, 4.69) is 4.98 Å². The molecule has 1 aliphatic heterocycles. The van der Waals surface area contributed by atoms with E-state index < -0.39 is 0 Å². The van der Waals surface area contributed by atoms with Gasteiger partial charge in [-0.2, -0.15) is 0 Å². The minimum atomic E-state index is -0.107. The summed E-state index contributed by atoms with van der Waals surface area (Å²) >= 11 is 0. The van der Waals surface area contributed by atoms with Crippen LogP contribution in [-0.4, -0.2) is 26.9 Å². The Kier molecular flexibility index (Phi) is 3.76. The number of benzene rings is 2. The van der Waals surface area contributed by atoms with Gasteiger partial charge in [0.1, 0.15) is 11.5 Å². The molecule has 2 aliphatic rings. The average Bonchev–Trinajstić information content (AvgIpc) is 3.05. The number of pyridine rings is 1. The first-order valence-electron chi connectivity index (χ1n) is 9.22. The molecule has 2 atom stereocenters. The van der Waals surface area contributed by atoms with Crippen molar-refractivity contribution in [2.24, 2.45) is 5.92 Å². The van der Waals surface area contributed by atoms with Crippen LogP contribution in [0.2, 0.25) is 0 Å². The van der Waals surface area contributed by atoms with Crippen LogP contribution >= 0.6 is 0 Å². The summed E-state index contributed by atoms with van der Waals surface area (Å²) in [5, 5.41) is 30.3. The molecular weight excluding hydrogens is 354 g/mol. The van der Waals surface area contributed by atoms with Crippen LogP contribution in [0.3, 0.4) is 0 Å². The fourth-order valence-electron chi connectivity index (χ4n) is 4.30. The predicted octanol–water partition coefficient (Wildman–Crippen LogP) is 4.07. The number of rotatable bonds is 2. The molecule has 0 amide bonds. The lowest BCUT2D eigenvalue weighted by Crippen LogP contribution is -2.23. The van der Waals surface area contributed by atoms with Crippen LogP contribution in [0.5, 0.6) is 23.0 Å². The van der Waals surface area contributed by atoms with Crippen LogP contribution in [0.1, 0.15) is 33.7 Å². The van der Waals surface area contributed by atoms with E-state index in [9.17, 15) is 15.3 Å². The minimum absolute atomic E-state index is 0.0684. The lowest BCUT2D eigenvalue weighted by molar-refractivity contribution is 0.214. The second kappa shape index (κ2) is 6.30. The molecule has 5 heteroatoms. The maximum atomic E-state index is 10.4. The highest BCUT2D eigenvalue weighted by molar-refractivity contribution is 5.74. The van der Waals surface area contributed by atoms with Gasteiger partial charge in [0, 0.05) is 41.4 Å². The van der Waals surface area contributed by atoms with Crippen molar-refractivity contribution in [2.75, 3.05) is 6.61 Å². The zero-order valence-electron chi connectivity index (χ0n) is 15.0. The molecule has 1 aliphatic carbocycles. The van der Waals surface area contributed by atoms with Gasteiger partial charge in [0.15, 0.2) is 11.5 Å². The number of fused-ring (bicyclic) bond motifs is 5. The first-order valence-corrected chi connectivity index (χ1v) is 9.22. The molecule has 0 saturated heterocycles. The standard InChI is InChI=1S/C23H19NO4/c25-19-11-22-18(8-14(19)2-1-13-3-5-24-6-4-13)23-16(12-28-22)7-15-9-20(26)21(27)10-17(15)23/h1-6,8-11,16,23,25-27H,7,12H2/b2-1+/t16?,23-/m1/s1. The van der Waals surface area contributed by atoms with Crippen LogP contribution in [0.25, 0.3) is 12.2 Å². The van der Waals surface area contributed by atoms with E-state index in [1.54, 1.807) is 30.6 Å². The second-order valence-electron chi connectivity index (χ2n) is 7.36. The Balaban J connectivity index is 1.58. The summed E-state index contributed by atoms with van der Waals surface area (Å²) in [5.41, 5.74) is 4.74. The molecule has 1 aromatic heterocycles. The van der Waals surface area contributed by atoms with Crippen molar-refractivity contribution in [1.82, 2.24) is 4.98 Å². The van der Waals surface area contributed by atoms with E-state index in [1.165, 1.54) is 0 Å². The SMILES string of the molecule is Oc1cc2c(cc1O)[C@@H]1c3cc(/C=C/c4ccncc4)c(O)cc3OCC1C2. The third-order valence-corrected chi connectivity index (χ3v) is 5.63. The molecule has 0 fully saturated rings. The van der Waals surface area contributed by atoms with Gasteiger partial charge in [-0.25, -0.2) is 0 Å². The zero-order valence-corrected chi connectivity index (χ0v) is 15.0. The molecule has 0 saturated carbocycles. The summed E-state index contributed by atoms with van der Waals surface area (Å²) < 4.78 is 5.91. The summed E-state index contributed by atoms with van der Waals surface area (Å²) in [5.74, 6) is 0.938. The van der Waals surface area contributed by atoms with Crippen molar-refractivity contribution < 1.29 is 20.1 Å². The molecule has 140 valence electrons. The smallest absolute Gasteiger partial charge is 0.157 e. The normalized spacial score (nSPS) is 19.7. The van der Waals surface area contributed by atoms with Crippen molar-refractivity contribution in [1.29, 1.82) is 0 Å². The topological polar surface area (TPSA) is 82.8 Å². The summed E-state index contributed by atoms with van der Waals surface area (Å²) in [4.78, 5) is 4.01. The highest BCUT2D eigenvalue weighted by Crippen LogP contribution is 2.51. The quantitative estimate of drug-likeness (QED) is 0.590. The van der Waals surface area contributed by atoms with E-state index in [1.807, 2.05) is 30.4 Å². The van der Waals surface area contributed by atoms with Gasteiger partial charge in [0.05, 0.1) is 6.61 Å². The molecule has 0 radical (unpaired) electrons. The maximum absolute atomic E-state index is 10.4. The van der Waals surface area contributed by atoms with Gasteiger partial charge >= 0.3 is 0 Å². The Morgan fingerprint density at radius 3 is 2.50 bits per heavy atom. The molecule has 1 unspecified atom stereocenters. The number of aromatic nitrogens is 1. The van der Waals surface area contributed by atoms with Gasteiger partial charge in [-0.05, 0) is 53.4 Å². The Morgan fingerprint density at radius 1 is 0.893 bits per heavy atom. The molecule has 3 N–H and O–H groups in total. The van der Waals surface area contributed by atoms with Crippen LogP contribution in [0.4, 0.5) is 0 Å². The zero-order chi connectivity index (χ0) is 19.3. The Bertz CT molecular complexity index is 1090. The van der Waals surface area contributed by atoms with Crippen molar-refractivity contribution in [2.45, 2.75) is 12.3 Å². The molecule has 0 spiro atoms. The lowest BCUT2D eigenvalue weighted by atomic mass is 9.83. The third kappa shape index (κ3) is 2.67. The molecule has 5 nitrogen and oxygen atoms in total. The largest absolute Gasteiger partial charge is 0.507 e. The van der Waals surface area contributed by atoms with Crippen LogP contribution in [-0.2, 0) is 6.42 Å². The number of ether oxygens (including phenoxy) is 1. The Morgan fingerprint density at radius 2 is 1.68 bits per heavy atom. The Hall–Kier alpha value is -3.47. The van der Waals surface area contributed by atoms with Crippen LogP contribution in [0, 0.1) is 5.92 Å². The van der Waals surface area contributed by atoms with Crippen molar-refractivity contribution in [3.8, 4) is 23.0 Å². The van der Waals surface area contributed by atoms with Crippen molar-refractivity contribution >= 4 is 12.2 Å². The summed E-state index contributed by atoms with van der Waals surface area (Å²) in [6, 6.07) is 10.7. The van der Waals surface area contributed by atoms with E-state index in [0.717, 1.165) is 28.7 Å². The van der Waals surface area contributed by atoms with E-state index in [4.69, 9.17) is 4.74 Å². The minimum Gasteiger partial charge on any atom is -0.507 e. The van der Waals surface area contributed by atoms with Gasteiger partial charge < -0.3 is 20.1 Å². The van der Waals surface area contributed by atoms with E-state index in [0.29, 0.717) is 17.9 Å². The average molecular weight is 373 g/mol. The fraction of sp³-hybridized carbons (Fsp3) is 0.174. The van der Waals surface area contributed by atoms with E-state index >= 15 is 0 Å². The number of nitrogens with zero attached hydrogens (tertiary/aromatic N) is 1. The highest BCUT2D eigenvalue weighted by Gasteiger charge is 2.39. The predicted molar refractivity (Wildman–Crippen MR) is 106 cm³/mol. The van der Waals surface area contributed by atoms with Gasteiger partial charge in [-0.15, -0.1) is 0 Å². The molecular formula is C23H19NO4. The van der Waals surface area contributed by atoms with Crippen LogP contribution in [0.15, 0.2) is 48.8 Å².